The van der Waals surface area contributed by atoms with Gasteiger partial charge in [0.2, 0.25) is 0 Å². The predicted octanol–water partition coefficient (Wildman–Crippen LogP) is 1.62. The molecule has 1 saturated heterocycles. The highest BCUT2D eigenvalue weighted by molar-refractivity contribution is 5.27. The summed E-state index contributed by atoms with van der Waals surface area (Å²) in [4.78, 5) is 2.43. The minimum Gasteiger partial charge on any atom is -0.497 e. The van der Waals surface area contributed by atoms with E-state index in [1.54, 1.807) is 7.11 Å². The summed E-state index contributed by atoms with van der Waals surface area (Å²) >= 11 is 0. The number of nitrogens with two attached hydrogens (primary N) is 1. The van der Waals surface area contributed by atoms with E-state index in [9.17, 15) is 0 Å². The quantitative estimate of drug-likeness (QED) is 0.857. The summed E-state index contributed by atoms with van der Waals surface area (Å²) in [5.41, 5.74) is 7.80. The number of ether oxygens (including phenoxy) is 1. The lowest BCUT2D eigenvalue weighted by Gasteiger charge is -2.48. The van der Waals surface area contributed by atoms with Crippen molar-refractivity contribution >= 4 is 0 Å². The van der Waals surface area contributed by atoms with Gasteiger partial charge in [0.1, 0.15) is 5.75 Å². The molecule has 0 radical (unpaired) electrons. The molecule has 1 aromatic carbocycles. The fraction of sp³-hybridized carbons (Fsp3) is 0.571. The summed E-state index contributed by atoms with van der Waals surface area (Å²) < 4.78 is 5.15. The molecule has 1 saturated carbocycles. The highest BCUT2D eigenvalue weighted by atomic mass is 16.5. The Morgan fingerprint density at radius 2 is 1.94 bits per heavy atom. The van der Waals surface area contributed by atoms with Gasteiger partial charge in [0, 0.05) is 25.2 Å². The molecule has 92 valence electrons. The SMILES string of the molecule is COc1ccc(CN2CC(N)(C3CC3)C2)cc1. The van der Waals surface area contributed by atoms with Crippen molar-refractivity contribution in [1.82, 2.24) is 4.90 Å². The van der Waals surface area contributed by atoms with E-state index < -0.39 is 0 Å². The Hall–Kier alpha value is -1.06. The van der Waals surface area contributed by atoms with Crippen molar-refractivity contribution in [3.8, 4) is 5.75 Å². The summed E-state index contributed by atoms with van der Waals surface area (Å²) in [6, 6.07) is 8.30. The average molecular weight is 232 g/mol. The van der Waals surface area contributed by atoms with Gasteiger partial charge in [-0.3, -0.25) is 4.90 Å². The van der Waals surface area contributed by atoms with Crippen LogP contribution in [0.5, 0.6) is 5.75 Å². The van der Waals surface area contributed by atoms with E-state index >= 15 is 0 Å². The Kier molecular flexibility index (Phi) is 2.60. The second-order valence-corrected chi connectivity index (χ2v) is 5.50. The van der Waals surface area contributed by atoms with E-state index in [1.807, 2.05) is 12.1 Å². The van der Waals surface area contributed by atoms with Crippen molar-refractivity contribution in [3.63, 3.8) is 0 Å². The zero-order valence-corrected chi connectivity index (χ0v) is 10.4. The molecule has 0 unspecified atom stereocenters. The number of likely N-dealkylation sites (tertiary alicyclic amines) is 1. The minimum absolute atomic E-state index is 0.131. The summed E-state index contributed by atoms with van der Waals surface area (Å²) in [6.07, 6.45) is 2.68. The molecule has 0 aromatic heterocycles. The molecule has 2 fully saturated rings. The molecular weight excluding hydrogens is 212 g/mol. The van der Waals surface area contributed by atoms with Crippen molar-refractivity contribution in [1.29, 1.82) is 0 Å². The third-order valence-corrected chi connectivity index (χ3v) is 3.99. The van der Waals surface area contributed by atoms with Crippen LogP contribution in [0.15, 0.2) is 24.3 Å². The van der Waals surface area contributed by atoms with Gasteiger partial charge in [-0.2, -0.15) is 0 Å². The zero-order valence-electron chi connectivity index (χ0n) is 10.4. The molecule has 0 bridgehead atoms. The van der Waals surface area contributed by atoms with E-state index in [4.69, 9.17) is 10.5 Å². The fourth-order valence-electron chi connectivity index (χ4n) is 2.80. The highest BCUT2D eigenvalue weighted by Crippen LogP contribution is 2.43. The van der Waals surface area contributed by atoms with Gasteiger partial charge in [0.25, 0.3) is 0 Å². The van der Waals surface area contributed by atoms with Gasteiger partial charge in [0.15, 0.2) is 0 Å². The molecule has 0 spiro atoms. The highest BCUT2D eigenvalue weighted by Gasteiger charge is 2.49. The fourth-order valence-corrected chi connectivity index (χ4v) is 2.80. The molecule has 2 N–H and O–H groups in total. The molecule has 1 aromatic rings. The van der Waals surface area contributed by atoms with E-state index in [0.29, 0.717) is 0 Å². The van der Waals surface area contributed by atoms with Crippen molar-refractivity contribution in [3.05, 3.63) is 29.8 Å². The lowest BCUT2D eigenvalue weighted by molar-refractivity contribution is 0.0478. The molecule has 3 nitrogen and oxygen atoms in total. The number of rotatable bonds is 4. The second kappa shape index (κ2) is 4.00. The number of benzene rings is 1. The Labute approximate surface area is 103 Å². The molecule has 1 aliphatic heterocycles. The first kappa shape index (κ1) is 11.1. The number of nitrogens with zero attached hydrogens (tertiary/aromatic N) is 1. The third-order valence-electron chi connectivity index (χ3n) is 3.99. The minimum atomic E-state index is 0.131. The van der Waals surface area contributed by atoms with Crippen LogP contribution in [0.4, 0.5) is 0 Å². The monoisotopic (exact) mass is 232 g/mol. The zero-order chi connectivity index (χ0) is 11.9. The smallest absolute Gasteiger partial charge is 0.118 e. The second-order valence-electron chi connectivity index (χ2n) is 5.50. The van der Waals surface area contributed by atoms with Gasteiger partial charge in [-0.1, -0.05) is 12.1 Å². The molecule has 17 heavy (non-hydrogen) atoms. The summed E-state index contributed by atoms with van der Waals surface area (Å²) in [5, 5.41) is 0. The Bertz CT molecular complexity index is 391. The van der Waals surface area contributed by atoms with Gasteiger partial charge in [0.05, 0.1) is 7.11 Å². The Balaban J connectivity index is 1.54. The molecule has 2 aliphatic rings. The van der Waals surface area contributed by atoms with Crippen molar-refractivity contribution in [2.45, 2.75) is 24.9 Å². The maximum atomic E-state index is 6.34. The first-order valence-electron chi connectivity index (χ1n) is 6.34. The van der Waals surface area contributed by atoms with Crippen LogP contribution in [0, 0.1) is 5.92 Å². The standard InChI is InChI=1S/C14H20N2O/c1-17-13-6-2-11(3-7-13)8-16-9-14(15,10-16)12-4-5-12/h2-3,6-7,12H,4-5,8-10,15H2,1H3. The van der Waals surface area contributed by atoms with Gasteiger partial charge in [-0.15, -0.1) is 0 Å². The van der Waals surface area contributed by atoms with E-state index in [-0.39, 0.29) is 5.54 Å². The molecular formula is C14H20N2O. The molecule has 1 heterocycles. The third kappa shape index (κ3) is 2.17. The lowest BCUT2D eigenvalue weighted by atomic mass is 9.85. The number of methoxy groups -OCH3 is 1. The van der Waals surface area contributed by atoms with E-state index in [0.717, 1.165) is 31.3 Å². The number of hydrogen-bond acceptors (Lipinski definition) is 3. The maximum absolute atomic E-state index is 6.34. The number of hydrogen-bond donors (Lipinski definition) is 1. The van der Waals surface area contributed by atoms with Crippen LogP contribution in [-0.4, -0.2) is 30.6 Å². The first-order valence-corrected chi connectivity index (χ1v) is 6.34. The maximum Gasteiger partial charge on any atom is 0.118 e. The predicted molar refractivity (Wildman–Crippen MR) is 67.9 cm³/mol. The van der Waals surface area contributed by atoms with Crippen LogP contribution in [0.3, 0.4) is 0 Å². The van der Waals surface area contributed by atoms with E-state index in [2.05, 4.69) is 17.0 Å². The van der Waals surface area contributed by atoms with E-state index in [1.165, 1.54) is 18.4 Å². The van der Waals surface area contributed by atoms with Crippen LogP contribution < -0.4 is 10.5 Å². The summed E-state index contributed by atoms with van der Waals surface area (Å²) in [5.74, 6) is 1.72. The molecule has 3 rings (SSSR count). The van der Waals surface area contributed by atoms with Gasteiger partial charge < -0.3 is 10.5 Å². The lowest BCUT2D eigenvalue weighted by Crippen LogP contribution is -2.68. The van der Waals surface area contributed by atoms with Crippen molar-refractivity contribution in [2.75, 3.05) is 20.2 Å². The van der Waals surface area contributed by atoms with Crippen LogP contribution in [-0.2, 0) is 6.54 Å². The first-order chi connectivity index (χ1) is 8.19. The Morgan fingerprint density at radius 3 is 2.47 bits per heavy atom. The molecule has 0 amide bonds. The molecule has 0 atom stereocenters. The summed E-state index contributed by atoms with van der Waals surface area (Å²) in [7, 11) is 1.70. The largest absolute Gasteiger partial charge is 0.497 e. The van der Waals surface area contributed by atoms with Crippen LogP contribution in [0.1, 0.15) is 18.4 Å². The molecule has 3 heteroatoms. The summed E-state index contributed by atoms with van der Waals surface area (Å²) in [6.45, 7) is 3.13. The van der Waals surface area contributed by atoms with Crippen LogP contribution in [0.2, 0.25) is 0 Å². The normalized spacial score (nSPS) is 23.2. The topological polar surface area (TPSA) is 38.5 Å². The van der Waals surface area contributed by atoms with Gasteiger partial charge >= 0.3 is 0 Å². The molecule has 1 aliphatic carbocycles. The van der Waals surface area contributed by atoms with Gasteiger partial charge in [-0.25, -0.2) is 0 Å². The van der Waals surface area contributed by atoms with Gasteiger partial charge in [-0.05, 0) is 36.5 Å². The average Bonchev–Trinajstić information content (AvgIpc) is 3.12. The van der Waals surface area contributed by atoms with Crippen LogP contribution >= 0.6 is 0 Å². The van der Waals surface area contributed by atoms with Crippen molar-refractivity contribution < 1.29 is 4.74 Å². The van der Waals surface area contributed by atoms with Crippen LogP contribution in [0.25, 0.3) is 0 Å². The van der Waals surface area contributed by atoms with Crippen molar-refractivity contribution in [2.24, 2.45) is 11.7 Å². The Morgan fingerprint density at radius 1 is 1.29 bits per heavy atom.